The molecule has 0 saturated carbocycles. The number of piperazine rings is 1. The highest BCUT2D eigenvalue weighted by Crippen LogP contribution is 2.25. The van der Waals surface area contributed by atoms with Gasteiger partial charge in [0.2, 0.25) is 0 Å². The summed E-state index contributed by atoms with van der Waals surface area (Å²) in [6, 6.07) is 14.7. The first-order chi connectivity index (χ1) is 13.8. The Morgan fingerprint density at radius 2 is 1.79 bits per heavy atom. The van der Waals surface area contributed by atoms with Crippen molar-refractivity contribution in [2.45, 2.75) is 26.2 Å². The van der Waals surface area contributed by atoms with E-state index in [9.17, 15) is 9.18 Å². The van der Waals surface area contributed by atoms with Gasteiger partial charge in [-0.25, -0.2) is 9.18 Å². The molecule has 3 rings (SSSR count). The Hall–Kier alpha value is -2.76. The van der Waals surface area contributed by atoms with Gasteiger partial charge in [0.25, 0.3) is 0 Å². The third kappa shape index (κ3) is 5.62. The highest BCUT2D eigenvalue weighted by atomic mass is 19.1. The van der Waals surface area contributed by atoms with E-state index in [4.69, 9.17) is 4.74 Å². The number of hydrogen-bond acceptors (Lipinski definition) is 3. The first-order valence-corrected chi connectivity index (χ1v) is 10.1. The van der Waals surface area contributed by atoms with Gasteiger partial charge < -0.3 is 19.9 Å². The van der Waals surface area contributed by atoms with Crippen molar-refractivity contribution in [2.24, 2.45) is 0 Å². The van der Waals surface area contributed by atoms with Crippen molar-refractivity contribution < 1.29 is 13.9 Å². The van der Waals surface area contributed by atoms with Gasteiger partial charge in [-0.1, -0.05) is 45.0 Å². The summed E-state index contributed by atoms with van der Waals surface area (Å²) in [5, 5.41) is 2.90. The molecule has 1 N–H and O–H groups in total. The average molecular weight is 400 g/mol. The van der Waals surface area contributed by atoms with Crippen LogP contribution in [-0.4, -0.2) is 50.3 Å². The fourth-order valence-corrected chi connectivity index (χ4v) is 3.35. The molecule has 2 aromatic carbocycles. The quantitative estimate of drug-likeness (QED) is 0.772. The van der Waals surface area contributed by atoms with Crippen molar-refractivity contribution in [1.82, 2.24) is 10.2 Å². The monoisotopic (exact) mass is 399 g/mol. The van der Waals surface area contributed by atoms with E-state index in [-0.39, 0.29) is 17.3 Å². The van der Waals surface area contributed by atoms with Gasteiger partial charge in [0.1, 0.15) is 18.2 Å². The number of carbonyl (C=O) groups is 1. The van der Waals surface area contributed by atoms with Crippen LogP contribution in [0.5, 0.6) is 5.75 Å². The number of urea groups is 1. The molecule has 0 radical (unpaired) electrons. The number of nitrogens with one attached hydrogen (secondary N) is 1. The first-order valence-electron chi connectivity index (χ1n) is 10.1. The summed E-state index contributed by atoms with van der Waals surface area (Å²) in [7, 11) is 0. The lowest BCUT2D eigenvalue weighted by Gasteiger charge is -2.36. The van der Waals surface area contributed by atoms with Gasteiger partial charge in [0.05, 0.1) is 12.2 Å². The molecule has 1 aliphatic rings. The Morgan fingerprint density at radius 1 is 1.07 bits per heavy atom. The van der Waals surface area contributed by atoms with E-state index in [2.05, 4.69) is 32.2 Å². The molecule has 0 atom stereocenters. The Balaban J connectivity index is 1.40. The van der Waals surface area contributed by atoms with Gasteiger partial charge in [0, 0.05) is 26.2 Å². The minimum atomic E-state index is -0.224. The van der Waals surface area contributed by atoms with Crippen LogP contribution in [0.15, 0.2) is 48.5 Å². The van der Waals surface area contributed by atoms with E-state index in [1.807, 2.05) is 29.2 Å². The fourth-order valence-electron chi connectivity index (χ4n) is 3.35. The fraction of sp³-hybridized carbons (Fsp3) is 0.435. The number of rotatable bonds is 5. The number of nitrogens with zero attached hydrogens (tertiary/aromatic N) is 2. The lowest BCUT2D eigenvalue weighted by molar-refractivity contribution is 0.191. The molecule has 5 nitrogen and oxygen atoms in total. The molecule has 0 aliphatic carbocycles. The van der Waals surface area contributed by atoms with Crippen LogP contribution in [0.3, 0.4) is 0 Å². The Labute approximate surface area is 172 Å². The van der Waals surface area contributed by atoms with Gasteiger partial charge in [-0.15, -0.1) is 0 Å². The van der Waals surface area contributed by atoms with Crippen molar-refractivity contribution in [1.29, 1.82) is 0 Å². The maximum Gasteiger partial charge on any atom is 0.317 e. The summed E-state index contributed by atoms with van der Waals surface area (Å²) in [5.74, 6) is 0.586. The van der Waals surface area contributed by atoms with Crippen LogP contribution in [-0.2, 0) is 5.41 Å². The summed E-state index contributed by atoms with van der Waals surface area (Å²) in [6.07, 6.45) is 0. The van der Waals surface area contributed by atoms with E-state index in [1.54, 1.807) is 17.0 Å². The third-order valence-corrected chi connectivity index (χ3v) is 5.11. The number of hydrogen-bond donors (Lipinski definition) is 1. The molecule has 2 amide bonds. The van der Waals surface area contributed by atoms with Crippen LogP contribution >= 0.6 is 0 Å². The van der Waals surface area contributed by atoms with Gasteiger partial charge in [-0.3, -0.25) is 0 Å². The minimum absolute atomic E-state index is 0.0679. The van der Waals surface area contributed by atoms with Gasteiger partial charge in [0.15, 0.2) is 0 Å². The van der Waals surface area contributed by atoms with E-state index in [0.717, 1.165) is 5.75 Å². The zero-order chi connectivity index (χ0) is 20.9. The molecule has 0 aromatic heterocycles. The van der Waals surface area contributed by atoms with E-state index >= 15 is 0 Å². The number of benzene rings is 2. The summed E-state index contributed by atoms with van der Waals surface area (Å²) in [4.78, 5) is 16.1. The zero-order valence-corrected chi connectivity index (χ0v) is 17.5. The van der Waals surface area contributed by atoms with Crippen molar-refractivity contribution in [2.75, 3.05) is 44.2 Å². The summed E-state index contributed by atoms with van der Waals surface area (Å²) in [6.45, 7) is 9.70. The highest BCUT2D eigenvalue weighted by molar-refractivity contribution is 5.74. The maximum absolute atomic E-state index is 13.9. The number of anilines is 1. The summed E-state index contributed by atoms with van der Waals surface area (Å²) >= 11 is 0. The highest BCUT2D eigenvalue weighted by Gasteiger charge is 2.22. The lowest BCUT2D eigenvalue weighted by atomic mass is 9.87. The molecule has 0 bridgehead atoms. The second-order valence-electron chi connectivity index (χ2n) is 8.28. The van der Waals surface area contributed by atoms with Crippen molar-refractivity contribution in [3.05, 3.63) is 59.9 Å². The van der Waals surface area contributed by atoms with E-state index < -0.39 is 0 Å². The Kier molecular flexibility index (Phi) is 6.62. The minimum Gasteiger partial charge on any atom is -0.492 e. The van der Waals surface area contributed by atoms with E-state index in [1.165, 1.54) is 11.6 Å². The van der Waals surface area contributed by atoms with Crippen LogP contribution in [0.4, 0.5) is 14.9 Å². The van der Waals surface area contributed by atoms with Crippen molar-refractivity contribution >= 4 is 11.7 Å². The SMILES string of the molecule is CC(C)(C)c1cccc(OCCNC(=O)N2CCN(c3ccccc3F)CC2)c1. The number of amides is 2. The molecule has 1 saturated heterocycles. The second-order valence-corrected chi connectivity index (χ2v) is 8.28. The predicted octanol–water partition coefficient (Wildman–Crippen LogP) is 4.03. The number of para-hydroxylation sites is 1. The maximum atomic E-state index is 13.9. The molecule has 0 unspecified atom stereocenters. The third-order valence-electron chi connectivity index (χ3n) is 5.11. The average Bonchev–Trinajstić information content (AvgIpc) is 2.71. The zero-order valence-electron chi connectivity index (χ0n) is 17.5. The van der Waals surface area contributed by atoms with Crippen LogP contribution in [0, 0.1) is 5.82 Å². The molecule has 2 aromatic rings. The van der Waals surface area contributed by atoms with Crippen LogP contribution in [0.1, 0.15) is 26.3 Å². The number of ether oxygens (including phenoxy) is 1. The molecule has 1 heterocycles. The molecule has 0 spiro atoms. The van der Waals surface area contributed by atoms with Crippen LogP contribution < -0.4 is 15.0 Å². The van der Waals surface area contributed by atoms with Gasteiger partial charge in [-0.05, 0) is 35.2 Å². The molecule has 6 heteroatoms. The molecule has 29 heavy (non-hydrogen) atoms. The normalized spacial score (nSPS) is 14.6. The summed E-state index contributed by atoms with van der Waals surface area (Å²) < 4.78 is 19.7. The number of carbonyl (C=O) groups excluding carboxylic acids is 1. The predicted molar refractivity (Wildman–Crippen MR) is 114 cm³/mol. The lowest BCUT2D eigenvalue weighted by Crippen LogP contribution is -2.52. The standard InChI is InChI=1S/C23H30FN3O2/c1-23(2,3)18-7-6-8-19(17-18)29-16-11-25-22(28)27-14-12-26(13-15-27)21-10-5-4-9-20(21)24/h4-10,17H,11-16H2,1-3H3,(H,25,28). The van der Waals surface area contributed by atoms with Crippen LogP contribution in [0.2, 0.25) is 0 Å². The molecule has 1 aliphatic heterocycles. The topological polar surface area (TPSA) is 44.8 Å². The van der Waals surface area contributed by atoms with Crippen LogP contribution in [0.25, 0.3) is 0 Å². The molecular formula is C23H30FN3O2. The smallest absolute Gasteiger partial charge is 0.317 e. The van der Waals surface area contributed by atoms with Crippen molar-refractivity contribution in [3.63, 3.8) is 0 Å². The largest absolute Gasteiger partial charge is 0.492 e. The van der Waals surface area contributed by atoms with Crippen molar-refractivity contribution in [3.8, 4) is 5.75 Å². The van der Waals surface area contributed by atoms with Gasteiger partial charge in [-0.2, -0.15) is 0 Å². The molecule has 156 valence electrons. The number of halogens is 1. The summed E-state index contributed by atoms with van der Waals surface area (Å²) in [5.41, 5.74) is 1.88. The molecular weight excluding hydrogens is 369 g/mol. The second kappa shape index (κ2) is 9.16. The Morgan fingerprint density at radius 3 is 2.48 bits per heavy atom. The van der Waals surface area contributed by atoms with E-state index in [0.29, 0.717) is 45.0 Å². The van der Waals surface area contributed by atoms with Gasteiger partial charge >= 0.3 is 6.03 Å². The Bertz CT molecular complexity index is 827. The first kappa shape index (κ1) is 21.0. The molecule has 1 fully saturated rings.